The van der Waals surface area contributed by atoms with Crippen molar-refractivity contribution in [2.75, 3.05) is 23.3 Å². The monoisotopic (exact) mass is 420 g/mol. The van der Waals surface area contributed by atoms with Crippen LogP contribution in [0.5, 0.6) is 0 Å². The minimum atomic E-state index is -0.291. The Kier molecular flexibility index (Phi) is 6.29. The fourth-order valence-corrected chi connectivity index (χ4v) is 4.03. The summed E-state index contributed by atoms with van der Waals surface area (Å²) in [5, 5.41) is 11.9. The van der Waals surface area contributed by atoms with E-state index < -0.39 is 0 Å². The molecule has 0 spiro atoms. The Morgan fingerprint density at radius 3 is 2.50 bits per heavy atom. The van der Waals surface area contributed by atoms with Gasteiger partial charge >= 0.3 is 0 Å². The molecule has 0 unspecified atom stereocenters. The lowest BCUT2D eigenvalue weighted by atomic mass is 9.90. The van der Waals surface area contributed by atoms with E-state index in [-0.39, 0.29) is 11.6 Å². The van der Waals surface area contributed by atoms with E-state index in [2.05, 4.69) is 50.7 Å². The van der Waals surface area contributed by atoms with Crippen molar-refractivity contribution in [3.63, 3.8) is 0 Å². The molecule has 1 fully saturated rings. The van der Waals surface area contributed by atoms with E-state index in [9.17, 15) is 4.79 Å². The third-order valence-corrected chi connectivity index (χ3v) is 6.11. The molecular formula is C24H25ClN4O. The fraction of sp³-hybridized carbons (Fsp3) is 0.292. The topological polar surface area (TPSA) is 58.1 Å². The van der Waals surface area contributed by atoms with Crippen LogP contribution in [0.1, 0.15) is 34.5 Å². The van der Waals surface area contributed by atoms with Crippen molar-refractivity contribution >= 4 is 29.0 Å². The summed E-state index contributed by atoms with van der Waals surface area (Å²) in [7, 11) is 0. The van der Waals surface area contributed by atoms with E-state index >= 15 is 0 Å². The van der Waals surface area contributed by atoms with Crippen molar-refractivity contribution in [3.05, 3.63) is 82.5 Å². The number of rotatable bonds is 5. The van der Waals surface area contributed by atoms with E-state index in [1.54, 1.807) is 18.2 Å². The lowest BCUT2D eigenvalue weighted by Gasteiger charge is -2.32. The molecule has 6 heteroatoms. The maximum atomic E-state index is 12.5. The van der Waals surface area contributed by atoms with E-state index in [0.29, 0.717) is 16.6 Å². The van der Waals surface area contributed by atoms with Gasteiger partial charge in [0.05, 0.1) is 0 Å². The fourth-order valence-electron chi connectivity index (χ4n) is 3.86. The molecule has 1 aliphatic heterocycles. The Hall–Kier alpha value is -2.92. The first-order valence-electron chi connectivity index (χ1n) is 10.3. The third kappa shape index (κ3) is 4.79. The summed E-state index contributed by atoms with van der Waals surface area (Å²) in [6, 6.07) is 19.7. The maximum Gasteiger partial charge on any atom is 0.276 e. The van der Waals surface area contributed by atoms with Gasteiger partial charge in [-0.1, -0.05) is 48.0 Å². The minimum Gasteiger partial charge on any atom is -0.355 e. The highest BCUT2D eigenvalue weighted by Crippen LogP contribution is 2.25. The largest absolute Gasteiger partial charge is 0.355 e. The smallest absolute Gasteiger partial charge is 0.276 e. The first-order chi connectivity index (χ1) is 14.6. The first kappa shape index (κ1) is 20.4. The number of aromatic nitrogens is 2. The normalized spacial score (nSPS) is 14.5. The van der Waals surface area contributed by atoms with Gasteiger partial charge in [-0.05, 0) is 67.5 Å². The zero-order valence-electron chi connectivity index (χ0n) is 17.0. The standard InChI is InChI=1S/C24H25ClN4O/c1-17-20(25)8-5-9-21(17)26-24(30)22-10-11-23(28-27-22)29-14-12-19(13-15-29)16-18-6-3-2-4-7-18/h2-11,19H,12-16H2,1H3,(H,26,30). The van der Waals surface area contributed by atoms with Gasteiger partial charge < -0.3 is 10.2 Å². The summed E-state index contributed by atoms with van der Waals surface area (Å²) in [4.78, 5) is 14.8. The molecule has 1 aromatic heterocycles. The summed E-state index contributed by atoms with van der Waals surface area (Å²) in [6.45, 7) is 3.78. The van der Waals surface area contributed by atoms with Crippen LogP contribution in [0.4, 0.5) is 11.5 Å². The second kappa shape index (κ2) is 9.26. The zero-order chi connectivity index (χ0) is 20.9. The van der Waals surface area contributed by atoms with Crippen molar-refractivity contribution in [1.29, 1.82) is 0 Å². The second-order valence-corrected chi connectivity index (χ2v) is 8.17. The molecule has 5 nitrogen and oxygen atoms in total. The highest BCUT2D eigenvalue weighted by atomic mass is 35.5. The number of hydrogen-bond donors (Lipinski definition) is 1. The van der Waals surface area contributed by atoms with Gasteiger partial charge in [-0.3, -0.25) is 4.79 Å². The average Bonchev–Trinajstić information content (AvgIpc) is 2.78. The predicted octanol–water partition coefficient (Wildman–Crippen LogP) is 5.15. The van der Waals surface area contributed by atoms with Crippen molar-refractivity contribution in [2.45, 2.75) is 26.2 Å². The van der Waals surface area contributed by atoms with Crippen molar-refractivity contribution < 1.29 is 4.79 Å². The van der Waals surface area contributed by atoms with Gasteiger partial charge in [-0.2, -0.15) is 0 Å². The number of carbonyl (C=O) groups excluding carboxylic acids is 1. The van der Waals surface area contributed by atoms with Gasteiger partial charge in [0.2, 0.25) is 0 Å². The Labute approximate surface area is 182 Å². The number of carbonyl (C=O) groups is 1. The number of hydrogen-bond acceptors (Lipinski definition) is 4. The predicted molar refractivity (Wildman–Crippen MR) is 121 cm³/mol. The van der Waals surface area contributed by atoms with Crippen LogP contribution in [0.3, 0.4) is 0 Å². The number of halogens is 1. The summed E-state index contributed by atoms with van der Waals surface area (Å²) < 4.78 is 0. The molecule has 154 valence electrons. The number of nitrogens with zero attached hydrogens (tertiary/aromatic N) is 3. The molecular weight excluding hydrogens is 396 g/mol. The summed E-state index contributed by atoms with van der Waals surface area (Å²) >= 11 is 6.12. The Balaban J connectivity index is 1.33. The summed E-state index contributed by atoms with van der Waals surface area (Å²) in [5.41, 5.74) is 3.20. The zero-order valence-corrected chi connectivity index (χ0v) is 17.8. The molecule has 0 saturated carbocycles. The average molecular weight is 421 g/mol. The lowest BCUT2D eigenvalue weighted by Crippen LogP contribution is -2.35. The van der Waals surface area contributed by atoms with Gasteiger partial charge in [0.25, 0.3) is 5.91 Å². The van der Waals surface area contributed by atoms with Crippen LogP contribution in [0, 0.1) is 12.8 Å². The molecule has 1 aliphatic rings. The maximum absolute atomic E-state index is 12.5. The number of amides is 1. The SMILES string of the molecule is Cc1c(Cl)cccc1NC(=O)c1ccc(N2CCC(Cc3ccccc3)CC2)nn1. The van der Waals surface area contributed by atoms with Crippen molar-refractivity contribution in [3.8, 4) is 0 Å². The second-order valence-electron chi connectivity index (χ2n) is 7.76. The van der Waals surface area contributed by atoms with E-state index in [1.807, 2.05) is 19.1 Å². The molecule has 0 bridgehead atoms. The molecule has 3 aromatic rings. The molecule has 4 rings (SSSR count). The third-order valence-electron chi connectivity index (χ3n) is 5.70. The molecule has 0 atom stereocenters. The van der Waals surface area contributed by atoms with Gasteiger partial charge in [0.15, 0.2) is 11.5 Å². The van der Waals surface area contributed by atoms with Crippen LogP contribution in [0.15, 0.2) is 60.7 Å². The van der Waals surface area contributed by atoms with Crippen LogP contribution in [0.25, 0.3) is 0 Å². The summed E-state index contributed by atoms with van der Waals surface area (Å²) in [5.74, 6) is 1.23. The summed E-state index contributed by atoms with van der Waals surface area (Å²) in [6.07, 6.45) is 3.39. The Bertz CT molecular complexity index is 999. The van der Waals surface area contributed by atoms with Crippen LogP contribution in [-0.2, 0) is 6.42 Å². The van der Waals surface area contributed by atoms with Gasteiger partial charge in [0, 0.05) is 23.8 Å². The first-order valence-corrected chi connectivity index (χ1v) is 10.7. The Morgan fingerprint density at radius 2 is 1.80 bits per heavy atom. The van der Waals surface area contributed by atoms with E-state index in [4.69, 9.17) is 11.6 Å². The number of benzene rings is 2. The number of piperidine rings is 1. The van der Waals surface area contributed by atoms with Crippen LogP contribution in [-0.4, -0.2) is 29.2 Å². The lowest BCUT2D eigenvalue weighted by molar-refractivity contribution is 0.102. The van der Waals surface area contributed by atoms with Gasteiger partial charge in [0.1, 0.15) is 0 Å². The van der Waals surface area contributed by atoms with Crippen molar-refractivity contribution in [2.24, 2.45) is 5.92 Å². The molecule has 2 aromatic carbocycles. The molecule has 0 radical (unpaired) electrons. The van der Waals surface area contributed by atoms with Crippen LogP contribution in [0.2, 0.25) is 5.02 Å². The van der Waals surface area contributed by atoms with Gasteiger partial charge in [-0.15, -0.1) is 10.2 Å². The molecule has 2 heterocycles. The highest BCUT2D eigenvalue weighted by Gasteiger charge is 2.21. The van der Waals surface area contributed by atoms with Gasteiger partial charge in [-0.25, -0.2) is 0 Å². The van der Waals surface area contributed by atoms with E-state index in [0.717, 1.165) is 43.7 Å². The Morgan fingerprint density at radius 1 is 1.03 bits per heavy atom. The molecule has 1 amide bonds. The number of anilines is 2. The van der Waals surface area contributed by atoms with Crippen molar-refractivity contribution in [1.82, 2.24) is 10.2 Å². The minimum absolute atomic E-state index is 0.289. The number of nitrogens with one attached hydrogen (secondary N) is 1. The van der Waals surface area contributed by atoms with Crippen LogP contribution < -0.4 is 10.2 Å². The highest BCUT2D eigenvalue weighted by molar-refractivity contribution is 6.31. The quantitative estimate of drug-likeness (QED) is 0.620. The molecule has 0 aliphatic carbocycles. The molecule has 30 heavy (non-hydrogen) atoms. The van der Waals surface area contributed by atoms with Crippen LogP contribution >= 0.6 is 11.6 Å². The molecule has 1 saturated heterocycles. The molecule has 1 N–H and O–H groups in total. The van der Waals surface area contributed by atoms with E-state index in [1.165, 1.54) is 5.56 Å².